The molecule has 0 unspecified atom stereocenters. The van der Waals surface area contributed by atoms with Crippen LogP contribution >= 0.6 is 0 Å². The topological polar surface area (TPSA) is 77.0 Å². The molecule has 172 valence electrons. The summed E-state index contributed by atoms with van der Waals surface area (Å²) >= 11 is 0. The van der Waals surface area contributed by atoms with Gasteiger partial charge in [0.1, 0.15) is 23.2 Å². The second kappa shape index (κ2) is 8.07. The van der Waals surface area contributed by atoms with Gasteiger partial charge in [0.25, 0.3) is 0 Å². The van der Waals surface area contributed by atoms with E-state index < -0.39 is 29.7 Å². The predicted octanol–water partition coefficient (Wildman–Crippen LogP) is 5.61. The molecule has 0 aliphatic rings. The highest BCUT2D eigenvalue weighted by Gasteiger charge is 2.35. The van der Waals surface area contributed by atoms with Crippen molar-refractivity contribution in [1.82, 2.24) is 19.7 Å². The largest absolute Gasteiger partial charge is 0.435 e. The Hall–Kier alpha value is -4.05. The van der Waals surface area contributed by atoms with Crippen molar-refractivity contribution in [3.8, 4) is 34.0 Å². The van der Waals surface area contributed by atoms with Gasteiger partial charge in [0.2, 0.25) is 5.89 Å². The van der Waals surface area contributed by atoms with Gasteiger partial charge in [-0.3, -0.25) is 0 Å². The van der Waals surface area contributed by atoms with E-state index in [4.69, 9.17) is 4.42 Å². The molecule has 2 aromatic heterocycles. The first kappa shape index (κ1) is 21.8. The van der Waals surface area contributed by atoms with Crippen molar-refractivity contribution in [3.63, 3.8) is 0 Å². The smallest absolute Gasteiger partial charge is 0.420 e. The lowest BCUT2D eigenvalue weighted by atomic mass is 9.97. The van der Waals surface area contributed by atoms with E-state index in [1.807, 2.05) is 0 Å². The van der Waals surface area contributed by atoms with Crippen LogP contribution in [0, 0.1) is 5.82 Å². The zero-order valence-corrected chi connectivity index (χ0v) is 17.6. The molecule has 6 nitrogen and oxygen atoms in total. The van der Waals surface area contributed by atoms with E-state index in [-0.39, 0.29) is 17.0 Å². The van der Waals surface area contributed by atoms with Crippen LogP contribution in [0.2, 0.25) is 0 Å². The number of nitrogens with zero attached hydrogens (tertiary/aromatic N) is 4. The van der Waals surface area contributed by atoms with Gasteiger partial charge in [-0.15, -0.1) is 10.2 Å². The molecule has 10 heteroatoms. The Morgan fingerprint density at radius 3 is 2.50 bits per heavy atom. The second-order valence-corrected chi connectivity index (χ2v) is 7.70. The molecule has 2 heterocycles. The number of aromatic nitrogens is 4. The number of oxazole rings is 1. The molecule has 0 saturated heterocycles. The highest BCUT2D eigenvalue weighted by molar-refractivity contribution is 5.84. The molecule has 34 heavy (non-hydrogen) atoms. The minimum Gasteiger partial charge on any atom is -0.435 e. The van der Waals surface area contributed by atoms with Crippen LogP contribution in [-0.4, -0.2) is 24.9 Å². The summed E-state index contributed by atoms with van der Waals surface area (Å²) in [6, 6.07) is 13.3. The quantitative estimate of drug-likeness (QED) is 0.347. The summed E-state index contributed by atoms with van der Waals surface area (Å²) in [6.07, 6.45) is -3.18. The normalized spacial score (nSPS) is 11.9. The molecule has 0 fully saturated rings. The van der Waals surface area contributed by atoms with Crippen LogP contribution in [0.25, 0.3) is 45.1 Å². The fourth-order valence-electron chi connectivity index (χ4n) is 3.82. The molecule has 5 rings (SSSR count). The van der Waals surface area contributed by atoms with Gasteiger partial charge in [-0.05, 0) is 53.1 Å². The van der Waals surface area contributed by atoms with E-state index >= 15 is 0 Å². The number of aryl methyl sites for hydroxylation is 1. The minimum atomic E-state index is -4.68. The molecule has 0 saturated carbocycles. The van der Waals surface area contributed by atoms with Crippen LogP contribution in [0.4, 0.5) is 17.6 Å². The van der Waals surface area contributed by atoms with Crippen LogP contribution in [0.1, 0.15) is 11.1 Å². The molecule has 5 aromatic rings. The van der Waals surface area contributed by atoms with E-state index in [0.717, 1.165) is 6.07 Å². The Bertz CT molecular complexity index is 1520. The molecule has 3 aromatic carbocycles. The van der Waals surface area contributed by atoms with Crippen molar-refractivity contribution in [2.45, 2.75) is 12.8 Å². The maximum absolute atomic E-state index is 14.1. The Labute approximate surface area is 190 Å². The SMILES string of the molecule is Cn1cnnc1-c1cc(F)ccc1-c1cccc(-c2nc3cc(CO)cc(C(F)(F)F)c3o2)c1. The molecule has 0 spiro atoms. The number of aliphatic hydroxyl groups is 1. The van der Waals surface area contributed by atoms with Gasteiger partial charge in [0.15, 0.2) is 11.4 Å². The van der Waals surface area contributed by atoms with Crippen molar-refractivity contribution < 1.29 is 27.1 Å². The molecular formula is C24H16F4N4O2. The Morgan fingerprint density at radius 2 is 1.79 bits per heavy atom. The summed E-state index contributed by atoms with van der Waals surface area (Å²) in [7, 11) is 1.73. The van der Waals surface area contributed by atoms with Gasteiger partial charge >= 0.3 is 6.18 Å². The van der Waals surface area contributed by atoms with Gasteiger partial charge in [0.05, 0.1) is 6.61 Å². The zero-order valence-electron chi connectivity index (χ0n) is 17.6. The van der Waals surface area contributed by atoms with E-state index in [1.54, 1.807) is 41.9 Å². The van der Waals surface area contributed by atoms with Crippen LogP contribution in [0.3, 0.4) is 0 Å². The van der Waals surface area contributed by atoms with Crippen molar-refractivity contribution in [2.24, 2.45) is 7.05 Å². The first-order valence-corrected chi connectivity index (χ1v) is 10.1. The molecule has 0 bridgehead atoms. The Morgan fingerprint density at radius 1 is 1.00 bits per heavy atom. The van der Waals surface area contributed by atoms with Gasteiger partial charge in [-0.1, -0.05) is 18.2 Å². The Balaban J connectivity index is 1.65. The molecule has 0 aliphatic heterocycles. The number of alkyl halides is 3. The average Bonchev–Trinajstić information content (AvgIpc) is 3.43. The summed E-state index contributed by atoms with van der Waals surface area (Å²) in [5, 5.41) is 17.3. The molecule has 0 atom stereocenters. The van der Waals surface area contributed by atoms with E-state index in [1.165, 1.54) is 24.5 Å². The lowest BCUT2D eigenvalue weighted by molar-refractivity contribution is -0.136. The van der Waals surface area contributed by atoms with Crippen molar-refractivity contribution in [3.05, 3.63) is 77.9 Å². The summed E-state index contributed by atoms with van der Waals surface area (Å²) in [5.41, 5.74) is 0.883. The minimum absolute atomic E-state index is 0.0131. The number of fused-ring (bicyclic) bond motifs is 1. The van der Waals surface area contributed by atoms with Gasteiger partial charge in [-0.25, -0.2) is 9.37 Å². The summed E-state index contributed by atoms with van der Waals surface area (Å²) < 4.78 is 61.9. The third-order valence-electron chi connectivity index (χ3n) is 5.39. The monoisotopic (exact) mass is 468 g/mol. The second-order valence-electron chi connectivity index (χ2n) is 7.70. The number of aliphatic hydroxyl groups excluding tert-OH is 1. The van der Waals surface area contributed by atoms with Crippen molar-refractivity contribution >= 4 is 11.1 Å². The fraction of sp³-hybridized carbons (Fsp3) is 0.125. The van der Waals surface area contributed by atoms with Crippen LogP contribution < -0.4 is 0 Å². The zero-order chi connectivity index (χ0) is 24.0. The first-order valence-electron chi connectivity index (χ1n) is 10.1. The first-order chi connectivity index (χ1) is 16.2. The predicted molar refractivity (Wildman–Crippen MR) is 116 cm³/mol. The molecule has 0 amide bonds. The van der Waals surface area contributed by atoms with E-state index in [0.29, 0.717) is 28.1 Å². The van der Waals surface area contributed by atoms with Crippen LogP contribution in [-0.2, 0) is 19.8 Å². The van der Waals surface area contributed by atoms with E-state index in [2.05, 4.69) is 15.2 Å². The lowest BCUT2D eigenvalue weighted by Gasteiger charge is -2.10. The Kier molecular flexibility index (Phi) is 5.17. The fourth-order valence-corrected chi connectivity index (χ4v) is 3.82. The third-order valence-corrected chi connectivity index (χ3v) is 5.39. The molecule has 1 N–H and O–H groups in total. The number of rotatable bonds is 4. The highest BCUT2D eigenvalue weighted by Crippen LogP contribution is 2.39. The summed E-state index contributed by atoms with van der Waals surface area (Å²) in [5.74, 6) is -0.0101. The van der Waals surface area contributed by atoms with Crippen molar-refractivity contribution in [1.29, 1.82) is 0 Å². The van der Waals surface area contributed by atoms with E-state index in [9.17, 15) is 22.7 Å². The maximum atomic E-state index is 14.1. The third kappa shape index (κ3) is 3.81. The van der Waals surface area contributed by atoms with Crippen LogP contribution in [0.5, 0.6) is 0 Å². The summed E-state index contributed by atoms with van der Waals surface area (Å²) in [6.45, 7) is -0.563. The molecule has 0 radical (unpaired) electrons. The number of halogens is 4. The van der Waals surface area contributed by atoms with Gasteiger partial charge in [-0.2, -0.15) is 13.2 Å². The summed E-state index contributed by atoms with van der Waals surface area (Å²) in [4.78, 5) is 4.24. The standard InChI is InChI=1S/C24H16F4N4O2/c1-32-12-29-31-22(32)18-10-16(25)5-6-17(18)14-3-2-4-15(9-14)23-30-20-8-13(11-33)7-19(21(20)34-23)24(26,27)28/h2-10,12,33H,11H2,1H3. The lowest BCUT2D eigenvalue weighted by Crippen LogP contribution is -2.06. The van der Waals surface area contributed by atoms with Crippen LogP contribution in [0.15, 0.2) is 65.3 Å². The van der Waals surface area contributed by atoms with Gasteiger partial charge in [0, 0.05) is 18.2 Å². The molecular weight excluding hydrogens is 452 g/mol. The number of hydrogen-bond acceptors (Lipinski definition) is 5. The van der Waals surface area contributed by atoms with Crippen molar-refractivity contribution in [2.75, 3.05) is 0 Å². The average molecular weight is 468 g/mol. The highest BCUT2D eigenvalue weighted by atomic mass is 19.4. The molecule has 0 aliphatic carbocycles. The maximum Gasteiger partial charge on any atom is 0.420 e. The number of hydrogen-bond donors (Lipinski definition) is 1. The van der Waals surface area contributed by atoms with Gasteiger partial charge < -0.3 is 14.1 Å². The number of benzene rings is 3.